The number of phenolic OH excluding ortho intramolecular Hbond substituents is 1. The summed E-state index contributed by atoms with van der Waals surface area (Å²) in [7, 11) is 0. The summed E-state index contributed by atoms with van der Waals surface area (Å²) in [4.78, 5) is 10.9. The maximum Gasteiger partial charge on any atom is 0.320 e. The molecule has 5 heteroatoms. The van der Waals surface area contributed by atoms with Crippen LogP contribution < -0.4 is 5.32 Å². The second-order valence-corrected chi connectivity index (χ2v) is 4.23. The summed E-state index contributed by atoms with van der Waals surface area (Å²) in [6, 6.07) is 3.30. The number of rotatable bonds is 5. The fourth-order valence-corrected chi connectivity index (χ4v) is 1.50. The van der Waals surface area contributed by atoms with Gasteiger partial charge in [0.25, 0.3) is 0 Å². The molecule has 0 saturated carbocycles. The fraction of sp³-hybridized carbons (Fsp3) is 0.417. The van der Waals surface area contributed by atoms with Crippen molar-refractivity contribution in [3.63, 3.8) is 0 Å². The van der Waals surface area contributed by atoms with Gasteiger partial charge in [-0.3, -0.25) is 4.79 Å². The number of phenols is 1. The SMILES string of the molecule is CC(C)C(NCc1ccc(O)c(F)c1)C(=O)O. The van der Waals surface area contributed by atoms with Crippen molar-refractivity contribution in [2.45, 2.75) is 26.4 Å². The smallest absolute Gasteiger partial charge is 0.320 e. The van der Waals surface area contributed by atoms with Crippen LogP contribution in [-0.4, -0.2) is 22.2 Å². The third-order valence-corrected chi connectivity index (χ3v) is 2.47. The average molecular weight is 241 g/mol. The lowest BCUT2D eigenvalue weighted by Gasteiger charge is -2.17. The zero-order valence-electron chi connectivity index (χ0n) is 9.77. The zero-order chi connectivity index (χ0) is 13.0. The van der Waals surface area contributed by atoms with Gasteiger partial charge in [-0.25, -0.2) is 4.39 Å². The normalized spacial score (nSPS) is 12.7. The minimum Gasteiger partial charge on any atom is -0.505 e. The van der Waals surface area contributed by atoms with E-state index in [1.165, 1.54) is 12.1 Å². The molecule has 1 aromatic rings. The van der Waals surface area contributed by atoms with E-state index < -0.39 is 23.6 Å². The van der Waals surface area contributed by atoms with E-state index in [0.29, 0.717) is 5.56 Å². The number of hydrogen-bond acceptors (Lipinski definition) is 3. The van der Waals surface area contributed by atoms with Gasteiger partial charge in [-0.2, -0.15) is 0 Å². The van der Waals surface area contributed by atoms with Crippen molar-refractivity contribution in [3.8, 4) is 5.75 Å². The maximum atomic E-state index is 13.0. The van der Waals surface area contributed by atoms with Crippen LogP contribution in [0.1, 0.15) is 19.4 Å². The summed E-state index contributed by atoms with van der Waals surface area (Å²) in [6.45, 7) is 3.83. The van der Waals surface area contributed by atoms with E-state index in [1.807, 2.05) is 0 Å². The first kappa shape index (κ1) is 13.4. The predicted octanol–water partition coefficient (Wildman–Crippen LogP) is 1.73. The van der Waals surface area contributed by atoms with Crippen LogP contribution in [0.25, 0.3) is 0 Å². The van der Waals surface area contributed by atoms with E-state index in [9.17, 15) is 9.18 Å². The van der Waals surface area contributed by atoms with Crippen LogP contribution in [0.3, 0.4) is 0 Å². The Morgan fingerprint density at radius 3 is 2.59 bits per heavy atom. The predicted molar refractivity (Wildman–Crippen MR) is 61.2 cm³/mol. The summed E-state index contributed by atoms with van der Waals surface area (Å²) in [5.74, 6) is -2.11. The Bertz CT molecular complexity index is 407. The van der Waals surface area contributed by atoms with Gasteiger partial charge in [-0.15, -0.1) is 0 Å². The third-order valence-electron chi connectivity index (χ3n) is 2.47. The molecule has 0 aliphatic carbocycles. The second-order valence-electron chi connectivity index (χ2n) is 4.23. The van der Waals surface area contributed by atoms with Gasteiger partial charge >= 0.3 is 5.97 Å². The number of aromatic hydroxyl groups is 1. The van der Waals surface area contributed by atoms with E-state index in [2.05, 4.69) is 5.32 Å². The van der Waals surface area contributed by atoms with Gasteiger partial charge in [0.1, 0.15) is 6.04 Å². The van der Waals surface area contributed by atoms with Crippen LogP contribution in [0.2, 0.25) is 0 Å². The standard InChI is InChI=1S/C12H16FNO3/c1-7(2)11(12(16)17)14-6-8-3-4-10(15)9(13)5-8/h3-5,7,11,14-15H,6H2,1-2H3,(H,16,17). The van der Waals surface area contributed by atoms with Crippen molar-refractivity contribution in [1.29, 1.82) is 0 Å². The van der Waals surface area contributed by atoms with Crippen LogP contribution in [0.4, 0.5) is 4.39 Å². The monoisotopic (exact) mass is 241 g/mol. The Labute approximate surface area is 99.1 Å². The fourth-order valence-electron chi connectivity index (χ4n) is 1.50. The molecule has 0 saturated heterocycles. The highest BCUT2D eigenvalue weighted by molar-refractivity contribution is 5.73. The highest BCUT2D eigenvalue weighted by Gasteiger charge is 2.20. The van der Waals surface area contributed by atoms with Crippen LogP contribution in [0.5, 0.6) is 5.75 Å². The van der Waals surface area contributed by atoms with Gasteiger partial charge in [0, 0.05) is 6.54 Å². The number of halogens is 1. The first-order valence-corrected chi connectivity index (χ1v) is 5.35. The Kier molecular flexibility index (Phi) is 4.45. The minimum absolute atomic E-state index is 0.0607. The number of nitrogens with one attached hydrogen (secondary N) is 1. The molecule has 1 rings (SSSR count). The van der Waals surface area contributed by atoms with Gasteiger partial charge in [0.05, 0.1) is 0 Å². The lowest BCUT2D eigenvalue weighted by Crippen LogP contribution is -2.40. The molecule has 0 amide bonds. The molecule has 0 aliphatic heterocycles. The van der Waals surface area contributed by atoms with Gasteiger partial charge < -0.3 is 15.5 Å². The molecule has 0 aromatic heterocycles. The molecule has 1 unspecified atom stereocenters. The van der Waals surface area contributed by atoms with Crippen molar-refractivity contribution in [1.82, 2.24) is 5.32 Å². The first-order chi connectivity index (χ1) is 7.91. The topological polar surface area (TPSA) is 69.6 Å². The van der Waals surface area contributed by atoms with Crippen LogP contribution >= 0.6 is 0 Å². The lowest BCUT2D eigenvalue weighted by atomic mass is 10.0. The van der Waals surface area contributed by atoms with Crippen molar-refractivity contribution < 1.29 is 19.4 Å². The first-order valence-electron chi connectivity index (χ1n) is 5.35. The summed E-state index contributed by atoms with van der Waals surface area (Å²) < 4.78 is 13.0. The van der Waals surface area contributed by atoms with E-state index in [4.69, 9.17) is 10.2 Å². The quantitative estimate of drug-likeness (QED) is 0.734. The largest absolute Gasteiger partial charge is 0.505 e. The zero-order valence-corrected chi connectivity index (χ0v) is 9.77. The number of carboxylic acid groups (broad SMARTS) is 1. The van der Waals surface area contributed by atoms with Crippen molar-refractivity contribution >= 4 is 5.97 Å². The van der Waals surface area contributed by atoms with Crippen molar-refractivity contribution in [3.05, 3.63) is 29.6 Å². The molecule has 4 nitrogen and oxygen atoms in total. The summed E-state index contributed by atoms with van der Waals surface area (Å²) in [6.07, 6.45) is 0. The number of benzene rings is 1. The average Bonchev–Trinajstić information content (AvgIpc) is 2.22. The molecule has 0 radical (unpaired) electrons. The number of aliphatic carboxylic acids is 1. The molecule has 1 aromatic carbocycles. The molecule has 0 aliphatic rings. The van der Waals surface area contributed by atoms with Crippen LogP contribution in [0, 0.1) is 11.7 Å². The summed E-state index contributed by atoms with van der Waals surface area (Å²) in [5, 5.41) is 20.8. The lowest BCUT2D eigenvalue weighted by molar-refractivity contribution is -0.140. The summed E-state index contributed by atoms with van der Waals surface area (Å²) >= 11 is 0. The van der Waals surface area contributed by atoms with E-state index in [1.54, 1.807) is 19.9 Å². The number of carboxylic acids is 1. The van der Waals surface area contributed by atoms with Crippen LogP contribution in [-0.2, 0) is 11.3 Å². The highest BCUT2D eigenvalue weighted by Crippen LogP contribution is 2.16. The second kappa shape index (κ2) is 5.63. The van der Waals surface area contributed by atoms with Gasteiger partial charge in [-0.1, -0.05) is 19.9 Å². The Balaban J connectivity index is 2.65. The number of hydrogen-bond donors (Lipinski definition) is 3. The minimum atomic E-state index is -0.931. The molecule has 1 atom stereocenters. The van der Waals surface area contributed by atoms with Gasteiger partial charge in [0.2, 0.25) is 0 Å². The molecule has 17 heavy (non-hydrogen) atoms. The van der Waals surface area contributed by atoms with E-state index in [-0.39, 0.29) is 12.5 Å². The third kappa shape index (κ3) is 3.71. The Morgan fingerprint density at radius 1 is 1.47 bits per heavy atom. The molecule has 0 fully saturated rings. The molecule has 0 bridgehead atoms. The van der Waals surface area contributed by atoms with E-state index >= 15 is 0 Å². The Morgan fingerprint density at radius 2 is 2.12 bits per heavy atom. The maximum absolute atomic E-state index is 13.0. The van der Waals surface area contributed by atoms with Crippen molar-refractivity contribution in [2.24, 2.45) is 5.92 Å². The Hall–Kier alpha value is -1.62. The molecule has 94 valence electrons. The molecule has 3 N–H and O–H groups in total. The summed E-state index contributed by atoms with van der Waals surface area (Å²) in [5.41, 5.74) is 0.590. The van der Waals surface area contributed by atoms with Gasteiger partial charge in [-0.05, 0) is 23.6 Å². The number of carbonyl (C=O) groups is 1. The molecule has 0 spiro atoms. The van der Waals surface area contributed by atoms with E-state index in [0.717, 1.165) is 0 Å². The van der Waals surface area contributed by atoms with Crippen molar-refractivity contribution in [2.75, 3.05) is 0 Å². The van der Waals surface area contributed by atoms with Crippen LogP contribution in [0.15, 0.2) is 18.2 Å². The molecular formula is C12H16FNO3. The van der Waals surface area contributed by atoms with Gasteiger partial charge in [0.15, 0.2) is 11.6 Å². The molecule has 0 heterocycles. The molecular weight excluding hydrogens is 225 g/mol. The highest BCUT2D eigenvalue weighted by atomic mass is 19.1.